The molecular formula is C11H14F3NO3S. The Kier molecular flexibility index (Phi) is 4.81. The molecule has 0 aliphatic carbocycles. The van der Waals surface area contributed by atoms with Gasteiger partial charge in [0, 0.05) is 12.3 Å². The molecule has 0 aliphatic heterocycles. The number of alkyl halides is 3. The summed E-state index contributed by atoms with van der Waals surface area (Å²) in [6, 6.07) is 4.65. The second-order valence-electron chi connectivity index (χ2n) is 4.05. The first kappa shape index (κ1) is 15.8. The lowest BCUT2D eigenvalue weighted by molar-refractivity contribution is -0.274. The number of hydrogen-bond acceptors (Lipinski definition) is 4. The molecule has 0 aliphatic rings. The number of hydrogen-bond donors (Lipinski definition) is 1. The largest absolute Gasteiger partial charge is 0.573 e. The van der Waals surface area contributed by atoms with Crippen LogP contribution in [0.2, 0.25) is 0 Å². The third-order valence-corrected chi connectivity index (χ3v) is 3.25. The maximum Gasteiger partial charge on any atom is 0.573 e. The molecule has 8 heteroatoms. The molecular weight excluding hydrogens is 283 g/mol. The molecule has 1 aromatic rings. The van der Waals surface area contributed by atoms with E-state index in [0.29, 0.717) is 5.56 Å². The number of sulfone groups is 1. The first-order valence-corrected chi connectivity index (χ1v) is 7.37. The van der Waals surface area contributed by atoms with E-state index in [1.54, 1.807) is 0 Å². The van der Waals surface area contributed by atoms with Gasteiger partial charge >= 0.3 is 6.36 Å². The van der Waals surface area contributed by atoms with Crippen molar-refractivity contribution in [3.8, 4) is 5.75 Å². The second kappa shape index (κ2) is 5.79. The highest BCUT2D eigenvalue weighted by atomic mass is 32.2. The maximum absolute atomic E-state index is 12.1. The molecule has 0 spiro atoms. The Hall–Kier alpha value is -1.28. The molecule has 1 N–H and O–H groups in total. The van der Waals surface area contributed by atoms with Crippen LogP contribution in [0.15, 0.2) is 24.3 Å². The van der Waals surface area contributed by atoms with Crippen LogP contribution < -0.4 is 10.1 Å². The van der Waals surface area contributed by atoms with Gasteiger partial charge in [0.2, 0.25) is 0 Å². The zero-order valence-corrected chi connectivity index (χ0v) is 11.2. The van der Waals surface area contributed by atoms with Crippen LogP contribution in [0.25, 0.3) is 0 Å². The Bertz CT molecular complexity index is 528. The van der Waals surface area contributed by atoms with Gasteiger partial charge in [-0.1, -0.05) is 12.1 Å². The van der Waals surface area contributed by atoms with E-state index >= 15 is 0 Å². The van der Waals surface area contributed by atoms with Crippen LogP contribution in [0, 0.1) is 0 Å². The molecule has 0 radical (unpaired) electrons. The van der Waals surface area contributed by atoms with E-state index in [0.717, 1.165) is 12.3 Å². The fourth-order valence-electron chi connectivity index (χ4n) is 1.58. The van der Waals surface area contributed by atoms with Gasteiger partial charge in [-0.3, -0.25) is 0 Å². The van der Waals surface area contributed by atoms with Crippen LogP contribution in [0.1, 0.15) is 11.6 Å². The Morgan fingerprint density at radius 2 is 2.00 bits per heavy atom. The summed E-state index contributed by atoms with van der Waals surface area (Å²) in [5.74, 6) is -0.586. The molecule has 0 saturated heterocycles. The van der Waals surface area contributed by atoms with Gasteiger partial charge in [-0.05, 0) is 24.7 Å². The number of benzene rings is 1. The normalized spacial score (nSPS) is 14.2. The van der Waals surface area contributed by atoms with E-state index < -0.39 is 22.2 Å². The zero-order valence-electron chi connectivity index (χ0n) is 10.4. The number of rotatable bonds is 5. The second-order valence-corrected chi connectivity index (χ2v) is 6.24. The van der Waals surface area contributed by atoms with Crippen molar-refractivity contribution in [2.24, 2.45) is 0 Å². The third-order valence-electron chi connectivity index (χ3n) is 2.31. The molecule has 0 saturated carbocycles. The van der Waals surface area contributed by atoms with Crippen LogP contribution in [-0.2, 0) is 9.84 Å². The fraction of sp³-hybridized carbons (Fsp3) is 0.455. The summed E-state index contributed by atoms with van der Waals surface area (Å²) in [4.78, 5) is 0. The molecule has 0 amide bonds. The molecule has 108 valence electrons. The van der Waals surface area contributed by atoms with Gasteiger partial charge < -0.3 is 10.1 Å². The van der Waals surface area contributed by atoms with Crippen LogP contribution in [-0.4, -0.2) is 33.8 Å². The third kappa shape index (κ3) is 5.93. The van der Waals surface area contributed by atoms with Crippen LogP contribution >= 0.6 is 0 Å². The van der Waals surface area contributed by atoms with E-state index in [2.05, 4.69) is 10.1 Å². The van der Waals surface area contributed by atoms with Gasteiger partial charge in [0.05, 0.1) is 5.75 Å². The maximum atomic E-state index is 12.1. The molecule has 1 rings (SSSR count). The first-order chi connectivity index (χ1) is 8.61. The van der Waals surface area contributed by atoms with Gasteiger partial charge in [-0.2, -0.15) is 0 Å². The standard InChI is InChI=1S/C11H14F3NO3S/c1-15-10(7-19(2,16)17)8-4-3-5-9(6-8)18-11(12,13)14/h3-6,10,15H,7H2,1-2H3. The molecule has 0 aromatic heterocycles. The van der Waals surface area contributed by atoms with Gasteiger partial charge in [-0.25, -0.2) is 8.42 Å². The summed E-state index contributed by atoms with van der Waals surface area (Å²) in [5.41, 5.74) is 0.412. The topological polar surface area (TPSA) is 55.4 Å². The summed E-state index contributed by atoms with van der Waals surface area (Å²) in [6.07, 6.45) is -3.71. The lowest BCUT2D eigenvalue weighted by Crippen LogP contribution is -2.25. The molecule has 1 aromatic carbocycles. The Morgan fingerprint density at radius 1 is 1.37 bits per heavy atom. The van der Waals surface area contributed by atoms with Crippen molar-refractivity contribution in [2.45, 2.75) is 12.4 Å². The monoisotopic (exact) mass is 297 g/mol. The van der Waals surface area contributed by atoms with Crippen LogP contribution in [0.5, 0.6) is 5.75 Å². The van der Waals surface area contributed by atoms with Gasteiger partial charge in [0.15, 0.2) is 0 Å². The van der Waals surface area contributed by atoms with E-state index in [9.17, 15) is 21.6 Å². The van der Waals surface area contributed by atoms with Gasteiger partial charge in [0.25, 0.3) is 0 Å². The average Bonchev–Trinajstić information content (AvgIpc) is 2.22. The number of halogens is 3. The predicted molar refractivity (Wildman–Crippen MR) is 64.6 cm³/mol. The fourth-order valence-corrected chi connectivity index (χ4v) is 2.54. The highest BCUT2D eigenvalue weighted by Gasteiger charge is 2.31. The van der Waals surface area contributed by atoms with Crippen molar-refractivity contribution in [2.75, 3.05) is 19.1 Å². The Morgan fingerprint density at radius 3 is 2.47 bits per heavy atom. The summed E-state index contributed by atoms with van der Waals surface area (Å²) < 4.78 is 62.5. The molecule has 19 heavy (non-hydrogen) atoms. The number of ether oxygens (including phenoxy) is 1. The quantitative estimate of drug-likeness (QED) is 0.902. The first-order valence-electron chi connectivity index (χ1n) is 5.31. The van der Waals surface area contributed by atoms with Crippen LogP contribution in [0.3, 0.4) is 0 Å². The lowest BCUT2D eigenvalue weighted by Gasteiger charge is -2.17. The molecule has 1 atom stereocenters. The minimum absolute atomic E-state index is 0.209. The zero-order chi connectivity index (χ0) is 14.7. The SMILES string of the molecule is CNC(CS(C)(=O)=O)c1cccc(OC(F)(F)F)c1. The smallest absolute Gasteiger partial charge is 0.406 e. The number of nitrogens with one attached hydrogen (secondary N) is 1. The molecule has 1 unspecified atom stereocenters. The molecule has 0 bridgehead atoms. The summed E-state index contributed by atoms with van der Waals surface area (Å²) >= 11 is 0. The Balaban J connectivity index is 2.96. The van der Waals surface area contributed by atoms with E-state index in [1.165, 1.54) is 25.2 Å². The minimum Gasteiger partial charge on any atom is -0.406 e. The van der Waals surface area contributed by atoms with Crippen molar-refractivity contribution in [1.82, 2.24) is 5.32 Å². The minimum atomic E-state index is -4.77. The highest BCUT2D eigenvalue weighted by Crippen LogP contribution is 2.25. The summed E-state index contributed by atoms with van der Waals surface area (Å²) in [6.45, 7) is 0. The molecule has 4 nitrogen and oxygen atoms in total. The molecule has 0 fully saturated rings. The van der Waals surface area contributed by atoms with Crippen molar-refractivity contribution in [3.05, 3.63) is 29.8 Å². The van der Waals surface area contributed by atoms with Gasteiger partial charge in [-0.15, -0.1) is 13.2 Å². The lowest BCUT2D eigenvalue weighted by atomic mass is 10.1. The van der Waals surface area contributed by atoms with Crippen molar-refractivity contribution >= 4 is 9.84 Å². The van der Waals surface area contributed by atoms with E-state index in [-0.39, 0.29) is 11.5 Å². The summed E-state index contributed by atoms with van der Waals surface area (Å²) in [5, 5.41) is 2.75. The van der Waals surface area contributed by atoms with E-state index in [1.807, 2.05) is 0 Å². The van der Waals surface area contributed by atoms with E-state index in [4.69, 9.17) is 0 Å². The van der Waals surface area contributed by atoms with Crippen molar-refractivity contribution in [1.29, 1.82) is 0 Å². The Labute approximate surface area is 109 Å². The van der Waals surface area contributed by atoms with Crippen molar-refractivity contribution < 1.29 is 26.3 Å². The van der Waals surface area contributed by atoms with Crippen LogP contribution in [0.4, 0.5) is 13.2 Å². The summed E-state index contributed by atoms with van der Waals surface area (Å²) in [7, 11) is -1.72. The highest BCUT2D eigenvalue weighted by molar-refractivity contribution is 7.90. The molecule has 0 heterocycles. The average molecular weight is 297 g/mol. The van der Waals surface area contributed by atoms with Gasteiger partial charge in [0.1, 0.15) is 15.6 Å². The predicted octanol–water partition coefficient (Wildman–Crippen LogP) is 1.89. The van der Waals surface area contributed by atoms with Crippen molar-refractivity contribution in [3.63, 3.8) is 0 Å².